The number of benzene rings is 1. The lowest BCUT2D eigenvalue weighted by Crippen LogP contribution is -1.47. The molecule has 0 aliphatic carbocycles. The summed E-state index contributed by atoms with van der Waals surface area (Å²) in [6.07, 6.45) is 0. The molecule has 0 aliphatic heterocycles. The first-order chi connectivity index (χ1) is 3.00. The third kappa shape index (κ3) is 2.17. The SMILES string of the molecule is [SiH4].c1ccccc1. The molecule has 0 radical (unpaired) electrons. The Morgan fingerprint density at radius 2 is 0.571 bits per heavy atom. The Morgan fingerprint density at radius 1 is 0.429 bits per heavy atom. The van der Waals surface area contributed by atoms with E-state index in [2.05, 4.69) is 0 Å². The van der Waals surface area contributed by atoms with Crippen LogP contribution in [0.1, 0.15) is 0 Å². The zero-order valence-electron chi connectivity index (χ0n) is 3.46. The van der Waals surface area contributed by atoms with Gasteiger partial charge < -0.3 is 0 Å². The van der Waals surface area contributed by atoms with Crippen molar-refractivity contribution >= 4 is 11.0 Å². The van der Waals surface area contributed by atoms with E-state index in [0.29, 0.717) is 0 Å². The fourth-order valence-electron chi connectivity index (χ4n) is 0.385. The molecule has 7 heavy (non-hydrogen) atoms. The van der Waals surface area contributed by atoms with Gasteiger partial charge in [-0.1, -0.05) is 36.4 Å². The Kier molecular flexibility index (Phi) is 3.33. The van der Waals surface area contributed by atoms with Crippen LogP contribution in [0.2, 0.25) is 0 Å². The lowest BCUT2D eigenvalue weighted by atomic mass is 10.4. The van der Waals surface area contributed by atoms with Gasteiger partial charge in [0.05, 0.1) is 0 Å². The summed E-state index contributed by atoms with van der Waals surface area (Å²) < 4.78 is 0. The van der Waals surface area contributed by atoms with Crippen LogP contribution in [-0.2, 0) is 0 Å². The zero-order valence-corrected chi connectivity index (χ0v) is 3.46. The Hall–Kier alpha value is -0.563. The standard InChI is InChI=1S/C6H6.H4Si/c1-2-4-6-5-3-1;/h1-6H;1H4. The summed E-state index contributed by atoms with van der Waals surface area (Å²) in [6, 6.07) is 12.0. The monoisotopic (exact) mass is 110 g/mol. The smallest absolute Gasteiger partial charge is 0.0149 e. The molecule has 0 bridgehead atoms. The Bertz CT molecular complexity index is 76.1. The summed E-state index contributed by atoms with van der Waals surface area (Å²) in [6.45, 7) is 0. The van der Waals surface area contributed by atoms with E-state index in [9.17, 15) is 0 Å². The predicted octanol–water partition coefficient (Wildman–Crippen LogP) is 0.235. The van der Waals surface area contributed by atoms with E-state index >= 15 is 0 Å². The predicted molar refractivity (Wildman–Crippen MR) is 37.8 cm³/mol. The molecular formula is C6H10Si. The summed E-state index contributed by atoms with van der Waals surface area (Å²) in [4.78, 5) is 0. The van der Waals surface area contributed by atoms with E-state index in [0.717, 1.165) is 0 Å². The highest BCUT2D eigenvalue weighted by atomic mass is 28.1. The highest BCUT2D eigenvalue weighted by Gasteiger charge is 1.57. The van der Waals surface area contributed by atoms with E-state index in [-0.39, 0.29) is 11.0 Å². The van der Waals surface area contributed by atoms with Crippen molar-refractivity contribution in [2.24, 2.45) is 0 Å². The van der Waals surface area contributed by atoms with Crippen molar-refractivity contribution in [2.75, 3.05) is 0 Å². The Balaban J connectivity index is 0.000000360. The lowest BCUT2D eigenvalue weighted by Gasteiger charge is -1.69. The molecule has 1 heteroatoms. The van der Waals surface area contributed by atoms with Crippen molar-refractivity contribution in [2.45, 2.75) is 0 Å². The summed E-state index contributed by atoms with van der Waals surface area (Å²) in [5.74, 6) is 0. The molecule has 0 spiro atoms. The number of rotatable bonds is 0. The van der Waals surface area contributed by atoms with Crippen molar-refractivity contribution in [3.05, 3.63) is 36.4 Å². The van der Waals surface area contributed by atoms with E-state index in [4.69, 9.17) is 0 Å². The lowest BCUT2D eigenvalue weighted by molar-refractivity contribution is 1.72. The third-order valence-electron chi connectivity index (χ3n) is 0.667. The maximum atomic E-state index is 2.00. The van der Waals surface area contributed by atoms with E-state index in [1.54, 1.807) is 0 Å². The summed E-state index contributed by atoms with van der Waals surface area (Å²) in [5, 5.41) is 0. The minimum atomic E-state index is 0. The fraction of sp³-hybridized carbons (Fsp3) is 0. The van der Waals surface area contributed by atoms with Gasteiger partial charge in [-0.05, 0) is 11.0 Å². The van der Waals surface area contributed by atoms with Gasteiger partial charge >= 0.3 is 0 Å². The first-order valence-corrected chi connectivity index (χ1v) is 2.00. The molecule has 0 unspecified atom stereocenters. The molecule has 38 valence electrons. The van der Waals surface area contributed by atoms with E-state index in [1.807, 2.05) is 36.4 Å². The molecule has 0 fully saturated rings. The highest BCUT2D eigenvalue weighted by Crippen LogP contribution is 1.79. The van der Waals surface area contributed by atoms with Crippen LogP contribution in [0.3, 0.4) is 0 Å². The van der Waals surface area contributed by atoms with Crippen molar-refractivity contribution in [3.63, 3.8) is 0 Å². The number of hydrogen-bond acceptors (Lipinski definition) is 0. The van der Waals surface area contributed by atoms with Crippen LogP contribution in [0.15, 0.2) is 36.4 Å². The van der Waals surface area contributed by atoms with Gasteiger partial charge in [-0.2, -0.15) is 0 Å². The molecule has 1 aromatic rings. The van der Waals surface area contributed by atoms with Gasteiger partial charge in [0, 0.05) is 0 Å². The topological polar surface area (TPSA) is 0 Å². The van der Waals surface area contributed by atoms with Crippen molar-refractivity contribution < 1.29 is 0 Å². The van der Waals surface area contributed by atoms with Gasteiger partial charge in [-0.25, -0.2) is 0 Å². The van der Waals surface area contributed by atoms with Crippen LogP contribution in [0.25, 0.3) is 0 Å². The molecule has 0 nitrogen and oxygen atoms in total. The van der Waals surface area contributed by atoms with Crippen LogP contribution in [0, 0.1) is 0 Å². The summed E-state index contributed by atoms with van der Waals surface area (Å²) in [5.41, 5.74) is 0. The van der Waals surface area contributed by atoms with Crippen LogP contribution in [0.4, 0.5) is 0 Å². The Labute approximate surface area is 48.2 Å². The van der Waals surface area contributed by atoms with Crippen LogP contribution >= 0.6 is 0 Å². The molecular weight excluding hydrogens is 100 g/mol. The largest absolute Gasteiger partial charge is 0.0623 e. The van der Waals surface area contributed by atoms with Gasteiger partial charge in [0.15, 0.2) is 0 Å². The molecule has 1 aromatic carbocycles. The van der Waals surface area contributed by atoms with E-state index in [1.165, 1.54) is 0 Å². The molecule has 0 amide bonds. The van der Waals surface area contributed by atoms with Crippen LogP contribution in [-0.4, -0.2) is 11.0 Å². The average Bonchev–Trinajstić information content (AvgIpc) is 1.72. The molecule has 0 heterocycles. The molecule has 0 saturated carbocycles. The van der Waals surface area contributed by atoms with Gasteiger partial charge in [-0.3, -0.25) is 0 Å². The number of hydrogen-bond donors (Lipinski definition) is 0. The normalized spacial score (nSPS) is 6.86. The quantitative estimate of drug-likeness (QED) is 0.420. The van der Waals surface area contributed by atoms with Gasteiger partial charge in [0.1, 0.15) is 0 Å². The molecule has 0 aliphatic rings. The van der Waals surface area contributed by atoms with Crippen molar-refractivity contribution in [1.29, 1.82) is 0 Å². The summed E-state index contributed by atoms with van der Waals surface area (Å²) >= 11 is 0. The van der Waals surface area contributed by atoms with Crippen LogP contribution < -0.4 is 0 Å². The second kappa shape index (κ2) is 3.62. The zero-order chi connectivity index (χ0) is 4.24. The second-order valence-corrected chi connectivity index (χ2v) is 1.15. The minimum Gasteiger partial charge on any atom is -0.0623 e. The molecule has 0 aromatic heterocycles. The van der Waals surface area contributed by atoms with Crippen LogP contribution in [0.5, 0.6) is 0 Å². The average molecular weight is 110 g/mol. The minimum absolute atomic E-state index is 0. The first kappa shape index (κ1) is 6.44. The van der Waals surface area contributed by atoms with Crippen molar-refractivity contribution in [3.8, 4) is 0 Å². The highest BCUT2D eigenvalue weighted by molar-refractivity contribution is 5.75. The Morgan fingerprint density at radius 3 is 0.714 bits per heavy atom. The van der Waals surface area contributed by atoms with Gasteiger partial charge in [0.2, 0.25) is 0 Å². The van der Waals surface area contributed by atoms with Gasteiger partial charge in [-0.15, -0.1) is 0 Å². The van der Waals surface area contributed by atoms with Gasteiger partial charge in [0.25, 0.3) is 0 Å². The van der Waals surface area contributed by atoms with E-state index < -0.39 is 0 Å². The van der Waals surface area contributed by atoms with Crippen molar-refractivity contribution in [1.82, 2.24) is 0 Å². The maximum absolute atomic E-state index is 2.00. The molecule has 0 atom stereocenters. The maximum Gasteiger partial charge on any atom is -0.0149 e. The summed E-state index contributed by atoms with van der Waals surface area (Å²) in [7, 11) is 0. The third-order valence-corrected chi connectivity index (χ3v) is 0.667. The first-order valence-electron chi connectivity index (χ1n) is 2.00. The second-order valence-electron chi connectivity index (χ2n) is 1.15. The fourth-order valence-corrected chi connectivity index (χ4v) is 0.385. The molecule has 0 N–H and O–H groups in total. The molecule has 1 rings (SSSR count). The molecule has 0 saturated heterocycles.